The molecule has 0 spiro atoms. The van der Waals surface area contributed by atoms with Crippen LogP contribution in [0.15, 0.2) is 35.1 Å². The second kappa shape index (κ2) is 5.83. The highest BCUT2D eigenvalue weighted by molar-refractivity contribution is 6.08. The zero-order valence-corrected chi connectivity index (χ0v) is 10.6. The molecule has 0 unspecified atom stereocenters. The van der Waals surface area contributed by atoms with E-state index in [0.717, 1.165) is 0 Å². The van der Waals surface area contributed by atoms with Crippen LogP contribution in [0.4, 0.5) is 17.2 Å². The number of benzene rings is 1. The van der Waals surface area contributed by atoms with Gasteiger partial charge in [0.1, 0.15) is 17.5 Å². The molecule has 1 aromatic heterocycles. The van der Waals surface area contributed by atoms with Crippen molar-refractivity contribution in [3.8, 4) is 0 Å². The molecule has 20 heavy (non-hydrogen) atoms. The topological polar surface area (TPSA) is 110 Å². The van der Waals surface area contributed by atoms with E-state index in [-0.39, 0.29) is 17.1 Å². The Morgan fingerprint density at radius 2 is 2.25 bits per heavy atom. The van der Waals surface area contributed by atoms with Crippen molar-refractivity contribution in [2.75, 3.05) is 17.2 Å². The van der Waals surface area contributed by atoms with Crippen LogP contribution in [0, 0.1) is 10.1 Å². The summed E-state index contributed by atoms with van der Waals surface area (Å²) in [5, 5.41) is 20.0. The van der Waals surface area contributed by atoms with Crippen molar-refractivity contribution >= 4 is 23.1 Å². The minimum absolute atomic E-state index is 0.0450. The zero-order chi connectivity index (χ0) is 14.5. The maximum Gasteiger partial charge on any atom is 0.305 e. The average molecular weight is 276 g/mol. The smallest absolute Gasteiger partial charge is 0.305 e. The van der Waals surface area contributed by atoms with Crippen molar-refractivity contribution in [3.63, 3.8) is 0 Å². The predicted octanol–water partition coefficient (Wildman–Crippen LogP) is 2.27. The second-order valence-electron chi connectivity index (χ2n) is 3.83. The van der Waals surface area contributed by atoms with Crippen LogP contribution in [0.5, 0.6) is 0 Å². The number of aromatic nitrogens is 1. The van der Waals surface area contributed by atoms with Gasteiger partial charge in [-0.2, -0.15) is 0 Å². The van der Waals surface area contributed by atoms with Crippen LogP contribution in [0.3, 0.4) is 0 Å². The van der Waals surface area contributed by atoms with Gasteiger partial charge in [-0.05, 0) is 19.1 Å². The summed E-state index contributed by atoms with van der Waals surface area (Å²) in [6.45, 7) is 2.32. The molecule has 0 saturated heterocycles. The van der Waals surface area contributed by atoms with E-state index < -0.39 is 10.8 Å². The third kappa shape index (κ3) is 2.74. The summed E-state index contributed by atoms with van der Waals surface area (Å²) >= 11 is 0. The number of rotatable bonds is 5. The SMILES string of the molecule is CCNc1cccc(C(=O)Nc2ccon2)c1[N+](=O)[O-]. The minimum atomic E-state index is -0.620. The van der Waals surface area contributed by atoms with Gasteiger partial charge in [0.05, 0.1) is 4.92 Å². The van der Waals surface area contributed by atoms with E-state index in [0.29, 0.717) is 12.2 Å². The Hall–Kier alpha value is -2.90. The number of hydrogen-bond acceptors (Lipinski definition) is 6. The van der Waals surface area contributed by atoms with E-state index in [1.807, 2.05) is 6.92 Å². The monoisotopic (exact) mass is 276 g/mol. The Morgan fingerprint density at radius 1 is 1.45 bits per heavy atom. The maximum atomic E-state index is 12.1. The van der Waals surface area contributed by atoms with Gasteiger partial charge in [0, 0.05) is 12.6 Å². The number of para-hydroxylation sites is 1. The normalized spacial score (nSPS) is 10.1. The van der Waals surface area contributed by atoms with Gasteiger partial charge in [-0.15, -0.1) is 0 Å². The van der Waals surface area contributed by atoms with Crippen LogP contribution < -0.4 is 10.6 Å². The molecule has 0 saturated carbocycles. The molecule has 0 radical (unpaired) electrons. The lowest BCUT2D eigenvalue weighted by atomic mass is 10.1. The summed E-state index contributed by atoms with van der Waals surface area (Å²) in [6.07, 6.45) is 1.29. The lowest BCUT2D eigenvalue weighted by Crippen LogP contribution is -2.15. The van der Waals surface area contributed by atoms with Crippen LogP contribution in [-0.4, -0.2) is 22.5 Å². The van der Waals surface area contributed by atoms with Crippen LogP contribution in [0.2, 0.25) is 0 Å². The molecule has 0 aliphatic carbocycles. The van der Waals surface area contributed by atoms with Crippen molar-refractivity contribution in [3.05, 3.63) is 46.2 Å². The third-order valence-corrected chi connectivity index (χ3v) is 2.51. The average Bonchev–Trinajstić information content (AvgIpc) is 2.91. The fourth-order valence-corrected chi connectivity index (χ4v) is 1.72. The molecule has 8 heteroatoms. The molecule has 1 heterocycles. The molecule has 0 aliphatic heterocycles. The molecule has 0 bridgehead atoms. The number of hydrogen-bond donors (Lipinski definition) is 2. The number of nitrogens with one attached hydrogen (secondary N) is 2. The standard InChI is InChI=1S/C12H12N4O4/c1-2-13-9-5-3-4-8(11(9)16(18)19)12(17)14-10-6-7-20-15-10/h3-7,13H,2H2,1H3,(H,14,15,17). The molecule has 0 aliphatic rings. The van der Waals surface area contributed by atoms with E-state index in [9.17, 15) is 14.9 Å². The number of carbonyl (C=O) groups excluding carboxylic acids is 1. The Morgan fingerprint density at radius 3 is 2.85 bits per heavy atom. The number of carbonyl (C=O) groups is 1. The van der Waals surface area contributed by atoms with Gasteiger partial charge in [0.25, 0.3) is 5.91 Å². The first kappa shape index (κ1) is 13.5. The second-order valence-corrected chi connectivity index (χ2v) is 3.83. The van der Waals surface area contributed by atoms with Crippen molar-refractivity contribution in [2.45, 2.75) is 6.92 Å². The molecule has 2 N–H and O–H groups in total. The van der Waals surface area contributed by atoms with E-state index in [2.05, 4.69) is 20.3 Å². The maximum absolute atomic E-state index is 12.1. The van der Waals surface area contributed by atoms with Crippen molar-refractivity contribution in [2.24, 2.45) is 0 Å². The summed E-state index contributed by atoms with van der Waals surface area (Å²) < 4.78 is 4.58. The highest BCUT2D eigenvalue weighted by atomic mass is 16.6. The molecule has 1 amide bonds. The minimum Gasteiger partial charge on any atom is -0.380 e. The number of nitrogens with zero attached hydrogens (tertiary/aromatic N) is 2. The highest BCUT2D eigenvalue weighted by Gasteiger charge is 2.24. The lowest BCUT2D eigenvalue weighted by Gasteiger charge is -2.08. The molecule has 2 rings (SSSR count). The molecule has 0 fully saturated rings. The van der Waals surface area contributed by atoms with E-state index >= 15 is 0 Å². The highest BCUT2D eigenvalue weighted by Crippen LogP contribution is 2.29. The van der Waals surface area contributed by atoms with Gasteiger partial charge in [-0.25, -0.2) is 0 Å². The number of amides is 1. The summed E-state index contributed by atoms with van der Waals surface area (Å²) in [6, 6.07) is 5.95. The molecular formula is C12H12N4O4. The van der Waals surface area contributed by atoms with Gasteiger partial charge in [-0.3, -0.25) is 14.9 Å². The first-order chi connectivity index (χ1) is 9.63. The fraction of sp³-hybridized carbons (Fsp3) is 0.167. The first-order valence-corrected chi connectivity index (χ1v) is 5.86. The molecule has 1 aromatic carbocycles. The molecular weight excluding hydrogens is 264 g/mol. The quantitative estimate of drug-likeness (QED) is 0.640. The number of anilines is 2. The fourth-order valence-electron chi connectivity index (χ4n) is 1.72. The third-order valence-electron chi connectivity index (χ3n) is 2.51. The predicted molar refractivity (Wildman–Crippen MR) is 71.7 cm³/mol. The summed E-state index contributed by atoms with van der Waals surface area (Å²) in [5.74, 6) is -0.427. The Bertz CT molecular complexity index is 624. The van der Waals surface area contributed by atoms with E-state index in [4.69, 9.17) is 0 Å². The van der Waals surface area contributed by atoms with Gasteiger partial charge in [0.2, 0.25) is 0 Å². The van der Waals surface area contributed by atoms with Crippen LogP contribution in [-0.2, 0) is 0 Å². The van der Waals surface area contributed by atoms with Gasteiger partial charge in [0.15, 0.2) is 5.82 Å². The molecule has 104 valence electrons. The summed E-state index contributed by atoms with van der Waals surface area (Å²) in [4.78, 5) is 22.7. The Kier molecular flexibility index (Phi) is 3.94. The largest absolute Gasteiger partial charge is 0.380 e. The van der Waals surface area contributed by atoms with Crippen molar-refractivity contribution < 1.29 is 14.2 Å². The van der Waals surface area contributed by atoms with Crippen molar-refractivity contribution in [1.29, 1.82) is 0 Å². The zero-order valence-electron chi connectivity index (χ0n) is 10.6. The van der Waals surface area contributed by atoms with E-state index in [1.165, 1.54) is 18.4 Å². The summed E-state index contributed by atoms with van der Waals surface area (Å²) in [5.41, 5.74) is -0.0166. The van der Waals surface area contributed by atoms with Crippen LogP contribution in [0.25, 0.3) is 0 Å². The first-order valence-electron chi connectivity index (χ1n) is 5.86. The van der Waals surface area contributed by atoms with E-state index in [1.54, 1.807) is 12.1 Å². The van der Waals surface area contributed by atoms with Gasteiger partial charge < -0.3 is 15.2 Å². The summed E-state index contributed by atoms with van der Waals surface area (Å²) in [7, 11) is 0. The van der Waals surface area contributed by atoms with Crippen molar-refractivity contribution in [1.82, 2.24) is 5.16 Å². The molecule has 8 nitrogen and oxygen atoms in total. The van der Waals surface area contributed by atoms with Gasteiger partial charge in [-0.1, -0.05) is 11.2 Å². The van der Waals surface area contributed by atoms with Crippen LogP contribution in [0.1, 0.15) is 17.3 Å². The molecule has 2 aromatic rings. The Labute approximate surface area is 113 Å². The van der Waals surface area contributed by atoms with Gasteiger partial charge >= 0.3 is 5.69 Å². The lowest BCUT2D eigenvalue weighted by molar-refractivity contribution is -0.384. The molecule has 0 atom stereocenters. The number of nitro benzene ring substituents is 1. The van der Waals surface area contributed by atoms with Crippen LogP contribution >= 0.6 is 0 Å². The number of nitro groups is 1. The Balaban J connectivity index is 2.37.